The molecule has 3 heterocycles. The van der Waals surface area contributed by atoms with Crippen LogP contribution < -0.4 is 5.56 Å². The van der Waals surface area contributed by atoms with Gasteiger partial charge in [-0.25, -0.2) is 14.8 Å². The molecule has 142 valence electrons. The maximum atomic E-state index is 12.7. The summed E-state index contributed by atoms with van der Waals surface area (Å²) in [6.07, 6.45) is 2.38. The molecule has 6 nitrogen and oxygen atoms in total. The molecule has 1 aliphatic carbocycles. The molecule has 0 aliphatic heterocycles. The lowest BCUT2D eigenvalue weighted by Gasteiger charge is -2.17. The fourth-order valence-corrected chi connectivity index (χ4v) is 5.74. The van der Waals surface area contributed by atoms with Crippen LogP contribution in [0, 0.1) is 19.8 Å². The summed E-state index contributed by atoms with van der Waals surface area (Å²) >= 11 is 2.90. The molecule has 0 unspecified atom stereocenters. The highest BCUT2D eigenvalue weighted by Crippen LogP contribution is 2.36. The van der Waals surface area contributed by atoms with Crippen LogP contribution in [0.5, 0.6) is 0 Å². The van der Waals surface area contributed by atoms with Gasteiger partial charge in [0.05, 0.1) is 16.1 Å². The van der Waals surface area contributed by atoms with E-state index in [0.717, 1.165) is 34.7 Å². The summed E-state index contributed by atoms with van der Waals surface area (Å²) in [6.45, 7) is 7.60. The Bertz CT molecular complexity index is 1100. The summed E-state index contributed by atoms with van der Waals surface area (Å²) in [6, 6.07) is 0. The number of aromatic amines is 1. The number of aryl methyl sites for hydroxylation is 3. The van der Waals surface area contributed by atoms with Crippen molar-refractivity contribution in [3.05, 3.63) is 42.2 Å². The SMILES string of the molecule is Cc1nc(C)c(C(=O)O[C@H](C)c2nc3sc4c(c3c(=O)[nH]2)CC[C@H](C)C4)s1. The third kappa shape index (κ3) is 3.32. The molecule has 1 N–H and O–H groups in total. The van der Waals surface area contributed by atoms with Gasteiger partial charge in [0, 0.05) is 4.88 Å². The first kappa shape index (κ1) is 18.3. The van der Waals surface area contributed by atoms with E-state index >= 15 is 0 Å². The lowest BCUT2D eigenvalue weighted by Crippen LogP contribution is -2.18. The fourth-order valence-electron chi connectivity index (χ4n) is 3.55. The van der Waals surface area contributed by atoms with Crippen LogP contribution in [-0.4, -0.2) is 20.9 Å². The number of H-pyrrole nitrogens is 1. The number of esters is 1. The average molecular weight is 404 g/mol. The zero-order valence-corrected chi connectivity index (χ0v) is 17.3. The van der Waals surface area contributed by atoms with Gasteiger partial charge in [-0.2, -0.15) is 0 Å². The van der Waals surface area contributed by atoms with E-state index in [-0.39, 0.29) is 5.56 Å². The van der Waals surface area contributed by atoms with Crippen molar-refractivity contribution in [3.8, 4) is 0 Å². The van der Waals surface area contributed by atoms with Crippen LogP contribution in [0.4, 0.5) is 0 Å². The van der Waals surface area contributed by atoms with Crippen LogP contribution in [0.2, 0.25) is 0 Å². The number of hydrogen-bond acceptors (Lipinski definition) is 7. The van der Waals surface area contributed by atoms with Gasteiger partial charge in [-0.15, -0.1) is 22.7 Å². The van der Waals surface area contributed by atoms with Crippen molar-refractivity contribution in [2.75, 3.05) is 0 Å². The molecule has 0 saturated carbocycles. The van der Waals surface area contributed by atoms with Gasteiger partial charge in [-0.3, -0.25) is 4.79 Å². The highest BCUT2D eigenvalue weighted by molar-refractivity contribution is 7.18. The number of aromatic nitrogens is 3. The van der Waals surface area contributed by atoms with E-state index < -0.39 is 12.1 Å². The first-order valence-electron chi connectivity index (χ1n) is 9.03. The minimum Gasteiger partial charge on any atom is -0.450 e. The molecule has 0 saturated heterocycles. The van der Waals surface area contributed by atoms with Crippen molar-refractivity contribution in [1.82, 2.24) is 15.0 Å². The number of carbonyl (C=O) groups excluding carboxylic acids is 1. The molecule has 0 fully saturated rings. The van der Waals surface area contributed by atoms with E-state index in [0.29, 0.717) is 27.7 Å². The molecular weight excluding hydrogens is 382 g/mol. The van der Waals surface area contributed by atoms with Crippen molar-refractivity contribution in [1.29, 1.82) is 0 Å². The number of thiazole rings is 1. The molecule has 3 aromatic rings. The monoisotopic (exact) mass is 403 g/mol. The van der Waals surface area contributed by atoms with Crippen molar-refractivity contribution in [2.45, 2.75) is 53.1 Å². The summed E-state index contributed by atoms with van der Waals surface area (Å²) in [5, 5.41) is 1.52. The second-order valence-electron chi connectivity index (χ2n) is 7.18. The Morgan fingerprint density at radius 1 is 1.30 bits per heavy atom. The standard InChI is InChI=1S/C19H21N3O3S2/c1-8-5-6-12-13(7-8)27-18-14(12)17(23)21-16(22-18)10(3)25-19(24)15-9(2)20-11(4)26-15/h8,10H,5-7H2,1-4H3,(H,21,22,23)/t8-,10+/m0/s1. The summed E-state index contributed by atoms with van der Waals surface area (Å²) < 4.78 is 5.54. The molecule has 3 aromatic heterocycles. The maximum Gasteiger partial charge on any atom is 0.350 e. The molecule has 0 spiro atoms. The average Bonchev–Trinajstić information content (AvgIpc) is 3.13. The predicted molar refractivity (Wildman–Crippen MR) is 107 cm³/mol. The summed E-state index contributed by atoms with van der Waals surface area (Å²) in [5.41, 5.74) is 1.66. The molecule has 0 aromatic carbocycles. The van der Waals surface area contributed by atoms with Crippen LogP contribution >= 0.6 is 22.7 Å². The molecule has 8 heteroatoms. The number of nitrogens with one attached hydrogen (secondary N) is 1. The second kappa shape index (κ2) is 6.83. The van der Waals surface area contributed by atoms with Crippen LogP contribution in [0.25, 0.3) is 10.2 Å². The number of nitrogens with zero attached hydrogens (tertiary/aromatic N) is 2. The third-order valence-corrected chi connectivity index (χ3v) is 7.14. The lowest BCUT2D eigenvalue weighted by atomic mass is 9.89. The summed E-state index contributed by atoms with van der Waals surface area (Å²) in [7, 11) is 0. The van der Waals surface area contributed by atoms with E-state index in [1.807, 2.05) is 6.92 Å². The minimum atomic E-state index is -0.644. The third-order valence-electron chi connectivity index (χ3n) is 4.94. The molecule has 27 heavy (non-hydrogen) atoms. The number of ether oxygens (including phenoxy) is 1. The maximum absolute atomic E-state index is 12.7. The van der Waals surface area contributed by atoms with Gasteiger partial charge in [-0.1, -0.05) is 6.92 Å². The van der Waals surface area contributed by atoms with Gasteiger partial charge in [0.1, 0.15) is 9.71 Å². The summed E-state index contributed by atoms with van der Waals surface area (Å²) in [4.78, 5) is 39.3. The quantitative estimate of drug-likeness (QED) is 0.666. The number of fused-ring (bicyclic) bond motifs is 3. The molecule has 0 radical (unpaired) electrons. The Morgan fingerprint density at radius 3 is 2.78 bits per heavy atom. The smallest absolute Gasteiger partial charge is 0.350 e. The summed E-state index contributed by atoms with van der Waals surface area (Å²) in [5.74, 6) is 0.578. The van der Waals surface area contributed by atoms with Crippen LogP contribution in [-0.2, 0) is 17.6 Å². The zero-order valence-electron chi connectivity index (χ0n) is 15.7. The van der Waals surface area contributed by atoms with Gasteiger partial charge < -0.3 is 9.72 Å². The van der Waals surface area contributed by atoms with Crippen molar-refractivity contribution in [3.63, 3.8) is 0 Å². The Labute approximate surface area is 164 Å². The van der Waals surface area contributed by atoms with Gasteiger partial charge in [-0.05, 0) is 51.5 Å². The zero-order chi connectivity index (χ0) is 19.3. The molecule has 0 amide bonds. The van der Waals surface area contributed by atoms with Crippen LogP contribution in [0.15, 0.2) is 4.79 Å². The number of carbonyl (C=O) groups is 1. The van der Waals surface area contributed by atoms with Gasteiger partial charge >= 0.3 is 5.97 Å². The number of thiophene rings is 1. The number of rotatable bonds is 3. The van der Waals surface area contributed by atoms with Crippen molar-refractivity contribution in [2.24, 2.45) is 5.92 Å². The normalized spacial score (nSPS) is 17.7. The van der Waals surface area contributed by atoms with Gasteiger partial charge in [0.25, 0.3) is 5.56 Å². The molecule has 2 atom stereocenters. The number of hydrogen-bond donors (Lipinski definition) is 1. The van der Waals surface area contributed by atoms with Crippen LogP contribution in [0.1, 0.15) is 63.0 Å². The van der Waals surface area contributed by atoms with Crippen molar-refractivity contribution >= 4 is 38.9 Å². The van der Waals surface area contributed by atoms with E-state index in [9.17, 15) is 9.59 Å². The molecule has 4 rings (SSSR count). The van der Waals surface area contributed by atoms with E-state index in [1.54, 1.807) is 25.2 Å². The first-order valence-corrected chi connectivity index (χ1v) is 10.7. The minimum absolute atomic E-state index is 0.144. The van der Waals surface area contributed by atoms with Crippen LogP contribution in [0.3, 0.4) is 0 Å². The fraction of sp³-hybridized carbons (Fsp3) is 0.474. The topological polar surface area (TPSA) is 84.9 Å². The highest BCUT2D eigenvalue weighted by Gasteiger charge is 2.25. The Morgan fingerprint density at radius 2 is 2.07 bits per heavy atom. The first-order chi connectivity index (χ1) is 12.8. The Balaban J connectivity index is 1.64. The van der Waals surface area contributed by atoms with E-state index in [1.165, 1.54) is 16.2 Å². The van der Waals surface area contributed by atoms with Gasteiger partial charge in [0.15, 0.2) is 11.9 Å². The Hall–Kier alpha value is -2.06. The largest absolute Gasteiger partial charge is 0.450 e. The van der Waals surface area contributed by atoms with E-state index in [2.05, 4.69) is 21.9 Å². The van der Waals surface area contributed by atoms with Crippen molar-refractivity contribution < 1.29 is 9.53 Å². The molecule has 1 aliphatic rings. The second-order valence-corrected chi connectivity index (χ2v) is 9.46. The Kier molecular flexibility index (Phi) is 4.63. The predicted octanol–water partition coefficient (Wildman–Crippen LogP) is 4.10. The molecule has 0 bridgehead atoms. The molecular formula is C19H21N3O3S2. The van der Waals surface area contributed by atoms with E-state index in [4.69, 9.17) is 4.74 Å². The van der Waals surface area contributed by atoms with Gasteiger partial charge in [0.2, 0.25) is 0 Å². The highest BCUT2D eigenvalue weighted by atomic mass is 32.1. The lowest BCUT2D eigenvalue weighted by molar-refractivity contribution is 0.0325.